The van der Waals surface area contributed by atoms with Gasteiger partial charge in [-0.15, -0.1) is 0 Å². The maximum atomic E-state index is 13.7. The van der Waals surface area contributed by atoms with Crippen molar-refractivity contribution in [2.45, 2.75) is 45.3 Å². The fourth-order valence-electron chi connectivity index (χ4n) is 2.20. The summed E-state index contributed by atoms with van der Waals surface area (Å²) in [5.74, 6) is 0. The zero-order valence-electron chi connectivity index (χ0n) is 9.03. The number of aldehydes is 1. The van der Waals surface area contributed by atoms with Crippen molar-refractivity contribution < 1.29 is 9.18 Å². The Morgan fingerprint density at radius 2 is 2.33 bits per heavy atom. The van der Waals surface area contributed by atoms with E-state index in [1.54, 1.807) is 4.68 Å². The number of alkyl halides is 1. The van der Waals surface area contributed by atoms with Crippen LogP contribution in [0.2, 0.25) is 0 Å². The standard InChI is InChI=1S/C11H15FN2O/c1-7(2)14-10-5-3-4-8(12)11(10)9(6-15)13-14/h6-8H,3-5H2,1-2H3. The number of rotatable bonds is 2. The van der Waals surface area contributed by atoms with E-state index in [2.05, 4.69) is 5.10 Å². The molecule has 4 heteroatoms. The SMILES string of the molecule is CC(C)n1nc(C=O)c2c1CCCC2F. The molecule has 0 N–H and O–H groups in total. The lowest BCUT2D eigenvalue weighted by atomic mass is 9.94. The first kappa shape index (κ1) is 10.3. The molecule has 0 saturated carbocycles. The fraction of sp³-hybridized carbons (Fsp3) is 0.636. The summed E-state index contributed by atoms with van der Waals surface area (Å²) in [6.07, 6.45) is 1.83. The molecule has 0 radical (unpaired) electrons. The third kappa shape index (κ3) is 1.58. The van der Waals surface area contributed by atoms with Gasteiger partial charge in [0.05, 0.1) is 0 Å². The summed E-state index contributed by atoms with van der Waals surface area (Å²) in [6, 6.07) is 0.178. The highest BCUT2D eigenvalue weighted by atomic mass is 19.1. The molecule has 82 valence electrons. The second kappa shape index (κ2) is 3.76. The van der Waals surface area contributed by atoms with Gasteiger partial charge in [-0.25, -0.2) is 4.39 Å². The Labute approximate surface area is 88.3 Å². The Bertz CT molecular complexity index is 384. The van der Waals surface area contributed by atoms with Crippen LogP contribution < -0.4 is 0 Å². The summed E-state index contributed by atoms with van der Waals surface area (Å²) in [7, 11) is 0. The molecule has 1 aromatic rings. The topological polar surface area (TPSA) is 34.9 Å². The molecule has 0 spiro atoms. The molecule has 1 aliphatic rings. The van der Waals surface area contributed by atoms with Crippen molar-refractivity contribution in [3.63, 3.8) is 0 Å². The van der Waals surface area contributed by atoms with Crippen molar-refractivity contribution in [1.29, 1.82) is 0 Å². The molecule has 0 aliphatic heterocycles. The van der Waals surface area contributed by atoms with Gasteiger partial charge in [0.15, 0.2) is 6.29 Å². The van der Waals surface area contributed by atoms with Gasteiger partial charge in [0, 0.05) is 17.3 Å². The zero-order chi connectivity index (χ0) is 11.0. The van der Waals surface area contributed by atoms with Gasteiger partial charge in [0.2, 0.25) is 0 Å². The van der Waals surface area contributed by atoms with Crippen molar-refractivity contribution in [3.05, 3.63) is 17.0 Å². The van der Waals surface area contributed by atoms with Crippen LogP contribution in [0.25, 0.3) is 0 Å². The van der Waals surface area contributed by atoms with E-state index in [1.807, 2.05) is 13.8 Å². The highest BCUT2D eigenvalue weighted by Gasteiger charge is 2.28. The number of nitrogens with zero attached hydrogens (tertiary/aromatic N) is 2. The summed E-state index contributed by atoms with van der Waals surface area (Å²) in [5, 5.41) is 4.17. The van der Waals surface area contributed by atoms with E-state index in [-0.39, 0.29) is 11.7 Å². The number of halogens is 1. The van der Waals surface area contributed by atoms with E-state index in [1.165, 1.54) is 0 Å². The van der Waals surface area contributed by atoms with Gasteiger partial charge < -0.3 is 0 Å². The minimum absolute atomic E-state index is 0.178. The third-order valence-electron chi connectivity index (χ3n) is 2.86. The molecule has 0 fully saturated rings. The van der Waals surface area contributed by atoms with Crippen LogP contribution in [0.15, 0.2) is 0 Å². The van der Waals surface area contributed by atoms with Gasteiger partial charge >= 0.3 is 0 Å². The number of carbonyl (C=O) groups is 1. The molecule has 0 bridgehead atoms. The Kier molecular flexibility index (Phi) is 2.59. The monoisotopic (exact) mass is 210 g/mol. The number of aromatic nitrogens is 2. The summed E-state index contributed by atoms with van der Waals surface area (Å²) >= 11 is 0. The molecule has 1 aromatic heterocycles. The lowest BCUT2D eigenvalue weighted by Crippen LogP contribution is -2.12. The van der Waals surface area contributed by atoms with Crippen LogP contribution in [-0.4, -0.2) is 16.1 Å². The molecule has 0 aromatic carbocycles. The molecule has 0 saturated heterocycles. The quantitative estimate of drug-likeness (QED) is 0.703. The average molecular weight is 210 g/mol. The van der Waals surface area contributed by atoms with E-state index in [0.29, 0.717) is 18.3 Å². The fourth-order valence-corrected chi connectivity index (χ4v) is 2.20. The lowest BCUT2D eigenvalue weighted by molar-refractivity contribution is 0.111. The average Bonchev–Trinajstić information content (AvgIpc) is 2.58. The molecule has 3 nitrogen and oxygen atoms in total. The van der Waals surface area contributed by atoms with Crippen LogP contribution in [0.3, 0.4) is 0 Å². The van der Waals surface area contributed by atoms with Gasteiger partial charge in [0.1, 0.15) is 11.9 Å². The Balaban J connectivity index is 2.57. The molecular formula is C11H15FN2O. The second-order valence-electron chi connectivity index (χ2n) is 4.26. The van der Waals surface area contributed by atoms with Crippen LogP contribution in [0.4, 0.5) is 4.39 Å². The van der Waals surface area contributed by atoms with E-state index < -0.39 is 6.17 Å². The normalized spacial score (nSPS) is 20.4. The lowest BCUT2D eigenvalue weighted by Gasteiger charge is -2.18. The summed E-state index contributed by atoms with van der Waals surface area (Å²) in [6.45, 7) is 3.98. The second-order valence-corrected chi connectivity index (χ2v) is 4.26. The van der Waals surface area contributed by atoms with E-state index in [4.69, 9.17) is 0 Å². The van der Waals surface area contributed by atoms with Crippen LogP contribution >= 0.6 is 0 Å². The maximum absolute atomic E-state index is 13.7. The zero-order valence-corrected chi connectivity index (χ0v) is 9.03. The van der Waals surface area contributed by atoms with E-state index >= 15 is 0 Å². The number of carbonyl (C=O) groups excluding carboxylic acids is 1. The van der Waals surface area contributed by atoms with Crippen molar-refractivity contribution in [2.24, 2.45) is 0 Å². The van der Waals surface area contributed by atoms with Crippen molar-refractivity contribution in [2.75, 3.05) is 0 Å². The molecule has 0 amide bonds. The minimum Gasteiger partial charge on any atom is -0.296 e. The first-order chi connectivity index (χ1) is 7.15. The predicted octanol–water partition coefficient (Wildman–Crippen LogP) is 2.62. The van der Waals surface area contributed by atoms with E-state index in [9.17, 15) is 9.18 Å². The van der Waals surface area contributed by atoms with Gasteiger partial charge in [-0.1, -0.05) is 0 Å². The molecule has 15 heavy (non-hydrogen) atoms. The van der Waals surface area contributed by atoms with Gasteiger partial charge in [-0.05, 0) is 33.1 Å². The Morgan fingerprint density at radius 3 is 2.93 bits per heavy atom. The highest BCUT2D eigenvalue weighted by Crippen LogP contribution is 2.35. The van der Waals surface area contributed by atoms with Gasteiger partial charge in [-0.2, -0.15) is 5.10 Å². The molecular weight excluding hydrogens is 195 g/mol. The number of hydrogen-bond acceptors (Lipinski definition) is 2. The molecule has 1 heterocycles. The summed E-state index contributed by atoms with van der Waals surface area (Å²) < 4.78 is 15.5. The summed E-state index contributed by atoms with van der Waals surface area (Å²) in [5.41, 5.74) is 1.72. The van der Waals surface area contributed by atoms with E-state index in [0.717, 1.165) is 18.5 Å². The van der Waals surface area contributed by atoms with Crippen molar-refractivity contribution >= 4 is 6.29 Å². The molecule has 1 unspecified atom stereocenters. The van der Waals surface area contributed by atoms with Gasteiger partial charge in [-0.3, -0.25) is 9.48 Å². The van der Waals surface area contributed by atoms with Crippen LogP contribution in [-0.2, 0) is 6.42 Å². The van der Waals surface area contributed by atoms with Crippen LogP contribution in [0.5, 0.6) is 0 Å². The van der Waals surface area contributed by atoms with Crippen molar-refractivity contribution in [3.8, 4) is 0 Å². The summed E-state index contributed by atoms with van der Waals surface area (Å²) in [4.78, 5) is 10.8. The largest absolute Gasteiger partial charge is 0.296 e. The van der Waals surface area contributed by atoms with Crippen LogP contribution in [0, 0.1) is 0 Å². The van der Waals surface area contributed by atoms with Gasteiger partial charge in [0.25, 0.3) is 0 Å². The minimum atomic E-state index is -1.01. The predicted molar refractivity (Wildman–Crippen MR) is 54.8 cm³/mol. The maximum Gasteiger partial charge on any atom is 0.170 e. The molecule has 1 atom stereocenters. The van der Waals surface area contributed by atoms with Crippen LogP contribution in [0.1, 0.15) is 60.6 Å². The number of hydrogen-bond donors (Lipinski definition) is 0. The molecule has 1 aliphatic carbocycles. The van der Waals surface area contributed by atoms with Crippen molar-refractivity contribution in [1.82, 2.24) is 9.78 Å². The first-order valence-electron chi connectivity index (χ1n) is 5.35. The number of fused-ring (bicyclic) bond motifs is 1. The Hall–Kier alpha value is -1.19. The highest BCUT2D eigenvalue weighted by molar-refractivity contribution is 5.75. The first-order valence-corrected chi connectivity index (χ1v) is 5.35. The molecule has 2 rings (SSSR count). The smallest absolute Gasteiger partial charge is 0.170 e. The third-order valence-corrected chi connectivity index (χ3v) is 2.86. The Morgan fingerprint density at radius 1 is 1.60 bits per heavy atom.